The summed E-state index contributed by atoms with van der Waals surface area (Å²) in [7, 11) is 1.70. The maximum atomic E-state index is 13.0. The number of ether oxygens (including phenoxy) is 1. The number of piperidine rings is 1. The normalized spacial score (nSPS) is 16.9. The Balaban J connectivity index is 2.08. The van der Waals surface area contributed by atoms with Crippen molar-refractivity contribution in [2.75, 3.05) is 20.2 Å². The smallest absolute Gasteiger partial charge is 0.254 e. The van der Waals surface area contributed by atoms with Gasteiger partial charge in [-0.1, -0.05) is 0 Å². The molecule has 1 aliphatic heterocycles. The molecule has 0 bridgehead atoms. The third kappa shape index (κ3) is 3.00. The molecule has 0 radical (unpaired) electrons. The summed E-state index contributed by atoms with van der Waals surface area (Å²) in [6.07, 6.45) is 1.97. The van der Waals surface area contributed by atoms with Crippen molar-refractivity contribution in [3.8, 4) is 0 Å². The Kier molecular flexibility index (Phi) is 4.55. The highest BCUT2D eigenvalue weighted by molar-refractivity contribution is 14.1. The van der Waals surface area contributed by atoms with Crippen molar-refractivity contribution in [2.45, 2.75) is 18.9 Å². The third-order valence-corrected chi connectivity index (χ3v) is 4.12. The minimum Gasteiger partial charge on any atom is -0.381 e. The molecular weight excluding hydrogens is 348 g/mol. The van der Waals surface area contributed by atoms with E-state index in [4.69, 9.17) is 4.74 Å². The summed E-state index contributed by atoms with van der Waals surface area (Å²) in [5.74, 6) is -0.331. The molecule has 0 aliphatic carbocycles. The lowest BCUT2D eigenvalue weighted by Crippen LogP contribution is -2.40. The second-order valence-corrected chi connectivity index (χ2v) is 5.51. The summed E-state index contributed by atoms with van der Waals surface area (Å²) in [6.45, 7) is 1.40. The van der Waals surface area contributed by atoms with Crippen LogP contribution in [-0.2, 0) is 4.74 Å². The summed E-state index contributed by atoms with van der Waals surface area (Å²) in [5.41, 5.74) is 0.577. The fourth-order valence-electron chi connectivity index (χ4n) is 2.13. The summed E-state index contributed by atoms with van der Waals surface area (Å²) >= 11 is 2.00. The van der Waals surface area contributed by atoms with Crippen LogP contribution in [-0.4, -0.2) is 37.1 Å². The zero-order valence-electron chi connectivity index (χ0n) is 10.2. The molecule has 1 fully saturated rings. The van der Waals surface area contributed by atoms with Crippen LogP contribution in [0.4, 0.5) is 4.39 Å². The number of halogens is 2. The summed E-state index contributed by atoms with van der Waals surface area (Å²) in [5, 5.41) is 0. The van der Waals surface area contributed by atoms with Gasteiger partial charge in [-0.3, -0.25) is 4.79 Å². The maximum absolute atomic E-state index is 13.0. The molecule has 1 aromatic carbocycles. The van der Waals surface area contributed by atoms with Crippen molar-refractivity contribution in [2.24, 2.45) is 0 Å². The molecule has 1 aliphatic rings. The first-order chi connectivity index (χ1) is 8.61. The molecule has 1 heterocycles. The van der Waals surface area contributed by atoms with Crippen molar-refractivity contribution in [1.29, 1.82) is 0 Å². The van der Waals surface area contributed by atoms with Gasteiger partial charge in [0.1, 0.15) is 5.82 Å². The Morgan fingerprint density at radius 2 is 2.11 bits per heavy atom. The molecule has 3 nitrogen and oxygen atoms in total. The summed E-state index contributed by atoms with van der Waals surface area (Å²) in [4.78, 5) is 14.1. The van der Waals surface area contributed by atoms with Crippen LogP contribution in [0.2, 0.25) is 0 Å². The number of carbonyl (C=O) groups is 1. The summed E-state index contributed by atoms with van der Waals surface area (Å²) < 4.78 is 18.9. The molecule has 1 saturated heterocycles. The van der Waals surface area contributed by atoms with E-state index in [1.165, 1.54) is 12.1 Å². The first-order valence-corrected chi connectivity index (χ1v) is 6.97. The molecule has 5 heteroatoms. The molecule has 0 aromatic heterocycles. The first kappa shape index (κ1) is 13.7. The SMILES string of the molecule is COC1CCN(C(=O)c2ccc(F)cc2I)CC1. The average Bonchev–Trinajstić information content (AvgIpc) is 2.38. The van der Waals surface area contributed by atoms with Crippen LogP contribution in [0.3, 0.4) is 0 Å². The molecule has 1 aromatic rings. The van der Waals surface area contributed by atoms with Crippen molar-refractivity contribution in [3.05, 3.63) is 33.1 Å². The Hall–Kier alpha value is -0.690. The molecule has 0 N–H and O–H groups in total. The Labute approximate surface area is 119 Å². The highest BCUT2D eigenvalue weighted by Gasteiger charge is 2.24. The molecule has 0 atom stereocenters. The van der Waals surface area contributed by atoms with Crippen LogP contribution in [0.15, 0.2) is 18.2 Å². The Bertz CT molecular complexity index is 445. The molecule has 0 spiro atoms. The van der Waals surface area contributed by atoms with Crippen LogP contribution in [0.5, 0.6) is 0 Å². The van der Waals surface area contributed by atoms with E-state index < -0.39 is 0 Å². The molecule has 98 valence electrons. The molecule has 0 unspecified atom stereocenters. The van der Waals surface area contributed by atoms with Crippen molar-refractivity contribution >= 4 is 28.5 Å². The monoisotopic (exact) mass is 363 g/mol. The zero-order chi connectivity index (χ0) is 13.1. The number of rotatable bonds is 2. The highest BCUT2D eigenvalue weighted by atomic mass is 127. The fourth-order valence-corrected chi connectivity index (χ4v) is 2.84. The molecule has 1 amide bonds. The van der Waals surface area contributed by atoms with Crippen molar-refractivity contribution in [3.63, 3.8) is 0 Å². The van der Waals surface area contributed by atoms with Gasteiger partial charge >= 0.3 is 0 Å². The van der Waals surface area contributed by atoms with Crippen molar-refractivity contribution in [1.82, 2.24) is 4.90 Å². The standard InChI is InChI=1S/C13H15FINO2/c1-18-10-4-6-16(7-5-10)13(17)11-3-2-9(14)8-12(11)15/h2-3,8,10H,4-7H2,1H3. The van der Waals surface area contributed by atoms with Gasteiger partial charge in [-0.15, -0.1) is 0 Å². The average molecular weight is 363 g/mol. The predicted octanol–water partition coefficient (Wildman–Crippen LogP) is 2.68. The van der Waals surface area contributed by atoms with E-state index in [0.717, 1.165) is 12.8 Å². The van der Waals surface area contributed by atoms with E-state index in [-0.39, 0.29) is 17.8 Å². The lowest BCUT2D eigenvalue weighted by molar-refractivity contribution is 0.0350. The fraction of sp³-hybridized carbons (Fsp3) is 0.462. The van der Waals surface area contributed by atoms with Crippen LogP contribution in [0, 0.1) is 9.39 Å². The number of methoxy groups -OCH3 is 1. The Morgan fingerprint density at radius 3 is 2.67 bits per heavy atom. The van der Waals surface area contributed by atoms with E-state index in [0.29, 0.717) is 22.2 Å². The van der Waals surface area contributed by atoms with Crippen LogP contribution >= 0.6 is 22.6 Å². The quantitative estimate of drug-likeness (QED) is 0.757. The zero-order valence-corrected chi connectivity index (χ0v) is 12.3. The first-order valence-electron chi connectivity index (χ1n) is 5.89. The maximum Gasteiger partial charge on any atom is 0.254 e. The Morgan fingerprint density at radius 1 is 1.44 bits per heavy atom. The lowest BCUT2D eigenvalue weighted by atomic mass is 10.1. The van der Waals surface area contributed by atoms with E-state index in [2.05, 4.69) is 0 Å². The van der Waals surface area contributed by atoms with Gasteiger partial charge in [0, 0.05) is 23.8 Å². The second-order valence-electron chi connectivity index (χ2n) is 4.35. The number of carbonyl (C=O) groups excluding carboxylic acids is 1. The number of hydrogen-bond acceptors (Lipinski definition) is 2. The molecule has 18 heavy (non-hydrogen) atoms. The van der Waals surface area contributed by atoms with Gasteiger partial charge in [0.2, 0.25) is 0 Å². The van der Waals surface area contributed by atoms with E-state index in [1.54, 1.807) is 13.2 Å². The molecule has 0 saturated carbocycles. The predicted molar refractivity (Wildman–Crippen MR) is 75.1 cm³/mol. The molecular formula is C13H15FINO2. The minimum absolute atomic E-state index is 0.0195. The van der Waals surface area contributed by atoms with Gasteiger partial charge in [0.15, 0.2) is 0 Å². The van der Waals surface area contributed by atoms with E-state index in [1.807, 2.05) is 27.5 Å². The number of likely N-dealkylation sites (tertiary alicyclic amines) is 1. The van der Waals surface area contributed by atoms with E-state index >= 15 is 0 Å². The minimum atomic E-state index is -0.311. The van der Waals surface area contributed by atoms with Crippen LogP contribution in [0.1, 0.15) is 23.2 Å². The van der Waals surface area contributed by atoms with Gasteiger partial charge < -0.3 is 9.64 Å². The van der Waals surface area contributed by atoms with Crippen LogP contribution in [0.25, 0.3) is 0 Å². The van der Waals surface area contributed by atoms with Crippen LogP contribution < -0.4 is 0 Å². The lowest BCUT2D eigenvalue weighted by Gasteiger charge is -2.31. The second kappa shape index (κ2) is 5.97. The molecule has 2 rings (SSSR count). The van der Waals surface area contributed by atoms with E-state index in [9.17, 15) is 9.18 Å². The third-order valence-electron chi connectivity index (χ3n) is 3.22. The number of amides is 1. The highest BCUT2D eigenvalue weighted by Crippen LogP contribution is 2.19. The number of benzene rings is 1. The van der Waals surface area contributed by atoms with Gasteiger partial charge in [-0.25, -0.2) is 4.39 Å². The van der Waals surface area contributed by atoms with Gasteiger partial charge in [0.05, 0.1) is 11.7 Å². The van der Waals surface area contributed by atoms with Gasteiger partial charge in [-0.2, -0.15) is 0 Å². The van der Waals surface area contributed by atoms with Gasteiger partial charge in [-0.05, 0) is 53.6 Å². The summed E-state index contributed by atoms with van der Waals surface area (Å²) in [6, 6.07) is 4.27. The number of nitrogens with zero attached hydrogens (tertiary/aromatic N) is 1. The topological polar surface area (TPSA) is 29.5 Å². The van der Waals surface area contributed by atoms with Gasteiger partial charge in [0.25, 0.3) is 5.91 Å². The number of hydrogen-bond donors (Lipinski definition) is 0. The van der Waals surface area contributed by atoms with Crippen molar-refractivity contribution < 1.29 is 13.9 Å². The largest absolute Gasteiger partial charge is 0.381 e.